The first-order valence-electron chi connectivity index (χ1n) is 7.40. The summed E-state index contributed by atoms with van der Waals surface area (Å²) >= 11 is 1.77. The largest absolute Gasteiger partial charge is 0.481 e. The molecule has 2 rings (SSSR count). The van der Waals surface area contributed by atoms with Gasteiger partial charge in [0.05, 0.1) is 11.9 Å². The molecule has 6 nitrogen and oxygen atoms in total. The maximum atomic E-state index is 12.6. The zero-order valence-electron chi connectivity index (χ0n) is 12.1. The minimum atomic E-state index is -3.41. The van der Waals surface area contributed by atoms with E-state index in [0.29, 0.717) is 13.2 Å². The molecule has 2 saturated heterocycles. The van der Waals surface area contributed by atoms with Crippen molar-refractivity contribution < 1.29 is 23.1 Å². The van der Waals surface area contributed by atoms with Crippen LogP contribution in [0.3, 0.4) is 0 Å². The first kappa shape index (κ1) is 17.1. The number of carboxylic acids is 1. The highest BCUT2D eigenvalue weighted by molar-refractivity contribution is 7.99. The second-order valence-corrected chi connectivity index (χ2v) is 8.73. The van der Waals surface area contributed by atoms with E-state index in [1.807, 2.05) is 0 Å². The van der Waals surface area contributed by atoms with E-state index < -0.39 is 16.0 Å². The summed E-state index contributed by atoms with van der Waals surface area (Å²) in [5.41, 5.74) is 0. The van der Waals surface area contributed by atoms with Crippen LogP contribution in [0.2, 0.25) is 0 Å². The minimum absolute atomic E-state index is 0.00940. The highest BCUT2D eigenvalue weighted by Gasteiger charge is 2.34. The zero-order chi connectivity index (χ0) is 15.3. The van der Waals surface area contributed by atoms with E-state index in [-0.39, 0.29) is 30.7 Å². The lowest BCUT2D eigenvalue weighted by molar-refractivity contribution is -0.137. The van der Waals surface area contributed by atoms with Gasteiger partial charge in [-0.2, -0.15) is 16.1 Å². The van der Waals surface area contributed by atoms with Crippen molar-refractivity contribution in [2.75, 3.05) is 30.4 Å². The quantitative estimate of drug-likeness (QED) is 0.716. The highest BCUT2D eigenvalue weighted by atomic mass is 32.2. The first-order valence-corrected chi connectivity index (χ1v) is 10.2. The van der Waals surface area contributed by atoms with Crippen LogP contribution in [-0.4, -0.2) is 66.4 Å². The van der Waals surface area contributed by atoms with Crippen LogP contribution in [0, 0.1) is 0 Å². The Balaban J connectivity index is 1.99. The highest BCUT2D eigenvalue weighted by Crippen LogP contribution is 2.27. The van der Waals surface area contributed by atoms with Gasteiger partial charge >= 0.3 is 5.97 Å². The van der Waals surface area contributed by atoms with Gasteiger partial charge < -0.3 is 9.84 Å². The van der Waals surface area contributed by atoms with Crippen LogP contribution in [0.5, 0.6) is 0 Å². The number of nitrogens with zero attached hydrogens (tertiary/aromatic N) is 1. The van der Waals surface area contributed by atoms with Crippen molar-refractivity contribution in [3.05, 3.63) is 0 Å². The molecule has 0 aliphatic carbocycles. The Bertz CT molecular complexity index is 441. The van der Waals surface area contributed by atoms with Crippen molar-refractivity contribution in [3.63, 3.8) is 0 Å². The van der Waals surface area contributed by atoms with Crippen molar-refractivity contribution >= 4 is 27.8 Å². The second-order valence-electron chi connectivity index (χ2n) is 5.54. The van der Waals surface area contributed by atoms with Crippen molar-refractivity contribution in [1.29, 1.82) is 0 Å². The number of aliphatic carboxylic acids is 1. The second kappa shape index (κ2) is 7.80. The van der Waals surface area contributed by atoms with Crippen molar-refractivity contribution in [3.8, 4) is 0 Å². The summed E-state index contributed by atoms with van der Waals surface area (Å²) in [6.45, 7) is 1.12. The third-order valence-electron chi connectivity index (χ3n) is 3.87. The molecule has 2 unspecified atom stereocenters. The number of thioether (sulfide) groups is 1. The Labute approximate surface area is 130 Å². The van der Waals surface area contributed by atoms with Gasteiger partial charge in [-0.1, -0.05) is 0 Å². The predicted molar refractivity (Wildman–Crippen MR) is 82.1 cm³/mol. The average Bonchev–Trinajstić information content (AvgIpc) is 3.08. The molecule has 2 aliphatic rings. The normalized spacial score (nSPS) is 26.5. The van der Waals surface area contributed by atoms with Gasteiger partial charge in [-0.15, -0.1) is 0 Å². The SMILES string of the molecule is O=C(O)CCCS(=O)(=O)N(CC1CCCO1)C1CCSC1. The van der Waals surface area contributed by atoms with Gasteiger partial charge in [-0.3, -0.25) is 4.79 Å². The van der Waals surface area contributed by atoms with Crippen LogP contribution >= 0.6 is 11.8 Å². The molecule has 1 N–H and O–H groups in total. The third kappa shape index (κ3) is 5.12. The fourth-order valence-electron chi connectivity index (χ4n) is 2.75. The Kier molecular flexibility index (Phi) is 6.34. The molecule has 21 heavy (non-hydrogen) atoms. The third-order valence-corrected chi connectivity index (χ3v) is 6.98. The van der Waals surface area contributed by atoms with Gasteiger partial charge in [-0.05, 0) is 31.4 Å². The van der Waals surface area contributed by atoms with Crippen LogP contribution in [0.25, 0.3) is 0 Å². The van der Waals surface area contributed by atoms with Crippen LogP contribution < -0.4 is 0 Å². The fraction of sp³-hybridized carbons (Fsp3) is 0.923. The summed E-state index contributed by atoms with van der Waals surface area (Å²) in [5.74, 6) is 0.766. The summed E-state index contributed by atoms with van der Waals surface area (Å²) in [7, 11) is -3.41. The van der Waals surface area contributed by atoms with Gasteiger partial charge in [-0.25, -0.2) is 8.42 Å². The number of carboxylic acid groups (broad SMARTS) is 1. The van der Waals surface area contributed by atoms with Crippen molar-refractivity contribution in [1.82, 2.24) is 4.31 Å². The van der Waals surface area contributed by atoms with E-state index >= 15 is 0 Å². The number of ether oxygens (including phenoxy) is 1. The van der Waals surface area contributed by atoms with Gasteiger partial charge in [0.2, 0.25) is 10.0 Å². The monoisotopic (exact) mass is 337 g/mol. The maximum Gasteiger partial charge on any atom is 0.303 e. The molecule has 2 aliphatic heterocycles. The zero-order valence-corrected chi connectivity index (χ0v) is 13.7. The number of carbonyl (C=O) groups is 1. The predicted octanol–water partition coefficient (Wildman–Crippen LogP) is 1.17. The van der Waals surface area contributed by atoms with Crippen LogP contribution in [-0.2, 0) is 19.6 Å². The molecule has 2 heterocycles. The Morgan fingerprint density at radius 3 is 2.76 bits per heavy atom. The lowest BCUT2D eigenvalue weighted by Gasteiger charge is -2.29. The summed E-state index contributed by atoms with van der Waals surface area (Å²) < 4.78 is 32.3. The summed E-state index contributed by atoms with van der Waals surface area (Å²) in [4.78, 5) is 10.6. The van der Waals surface area contributed by atoms with E-state index in [4.69, 9.17) is 9.84 Å². The Morgan fingerprint density at radius 1 is 1.38 bits per heavy atom. The standard InChI is InChI=1S/C13H23NO5S2/c15-13(16)4-2-8-21(17,18)14(11-5-7-20-10-11)9-12-3-1-6-19-12/h11-12H,1-10H2,(H,15,16). The molecule has 2 fully saturated rings. The molecule has 0 radical (unpaired) electrons. The molecular weight excluding hydrogens is 314 g/mol. The van der Waals surface area contributed by atoms with Gasteiger partial charge in [0.15, 0.2) is 0 Å². The van der Waals surface area contributed by atoms with Crippen molar-refractivity contribution in [2.24, 2.45) is 0 Å². The van der Waals surface area contributed by atoms with E-state index in [0.717, 1.165) is 30.8 Å². The average molecular weight is 337 g/mol. The smallest absolute Gasteiger partial charge is 0.303 e. The molecule has 0 spiro atoms. The van der Waals surface area contributed by atoms with Gasteiger partial charge in [0.25, 0.3) is 0 Å². The molecule has 2 atom stereocenters. The lowest BCUT2D eigenvalue weighted by atomic mass is 10.2. The topological polar surface area (TPSA) is 83.9 Å². The molecule has 122 valence electrons. The van der Waals surface area contributed by atoms with E-state index in [1.54, 1.807) is 16.1 Å². The molecule has 8 heteroatoms. The summed E-state index contributed by atoms with van der Waals surface area (Å²) in [6, 6.07) is 0.0361. The van der Waals surface area contributed by atoms with Crippen LogP contribution in [0.15, 0.2) is 0 Å². The van der Waals surface area contributed by atoms with Gasteiger partial charge in [0.1, 0.15) is 0 Å². The van der Waals surface area contributed by atoms with E-state index in [1.165, 1.54) is 0 Å². The maximum absolute atomic E-state index is 12.6. The van der Waals surface area contributed by atoms with E-state index in [9.17, 15) is 13.2 Å². The number of sulfonamides is 1. The molecular formula is C13H23NO5S2. The number of rotatable bonds is 8. The molecule has 0 bridgehead atoms. The minimum Gasteiger partial charge on any atom is -0.481 e. The molecule has 0 amide bonds. The summed E-state index contributed by atoms with van der Waals surface area (Å²) in [6.07, 6.45) is 2.81. The number of hydrogen-bond donors (Lipinski definition) is 1. The molecule has 0 aromatic heterocycles. The molecule has 0 saturated carbocycles. The van der Waals surface area contributed by atoms with Crippen molar-refractivity contribution in [2.45, 2.75) is 44.2 Å². The first-order chi connectivity index (χ1) is 9.99. The van der Waals surface area contributed by atoms with Crippen LogP contribution in [0.4, 0.5) is 0 Å². The Morgan fingerprint density at radius 2 is 2.19 bits per heavy atom. The molecule has 0 aromatic carbocycles. The fourth-order valence-corrected chi connectivity index (χ4v) is 5.84. The number of hydrogen-bond acceptors (Lipinski definition) is 5. The van der Waals surface area contributed by atoms with Gasteiger partial charge in [0, 0.05) is 31.4 Å². The molecule has 0 aromatic rings. The summed E-state index contributed by atoms with van der Waals surface area (Å²) in [5, 5.41) is 8.66. The Hall–Kier alpha value is -0.310. The van der Waals surface area contributed by atoms with E-state index in [2.05, 4.69) is 0 Å². The van der Waals surface area contributed by atoms with Crippen LogP contribution in [0.1, 0.15) is 32.1 Å². The lowest BCUT2D eigenvalue weighted by Crippen LogP contribution is -2.45.